The SMILES string of the molecule is CCOc1cc(OCC)c(F)c(C(Nc2ccc(C(=N)N)cc2)c2ccc3cc(Cl)ccc3n2)c1. The van der Waals surface area contributed by atoms with Gasteiger partial charge in [0.25, 0.3) is 0 Å². The van der Waals surface area contributed by atoms with Gasteiger partial charge >= 0.3 is 0 Å². The first-order valence-corrected chi connectivity index (χ1v) is 11.6. The summed E-state index contributed by atoms with van der Waals surface area (Å²) in [6.45, 7) is 4.41. The first kappa shape index (κ1) is 24.3. The fraction of sp³-hybridized carbons (Fsp3) is 0.185. The standard InChI is InChI=1S/C27H26ClFN4O2/c1-3-34-20-14-21(25(29)24(15-20)35-4-2)26(32-19-9-5-16(6-10-19)27(30)31)23-11-7-17-13-18(28)8-12-22(17)33-23/h5-15,26,32H,3-4H2,1-2H3,(H3,30,31). The quantitative estimate of drug-likeness (QED) is 0.188. The van der Waals surface area contributed by atoms with Crippen LogP contribution in [-0.2, 0) is 0 Å². The maximum atomic E-state index is 15.7. The van der Waals surface area contributed by atoms with E-state index in [0.717, 1.165) is 10.9 Å². The Bertz CT molecular complexity index is 1360. The van der Waals surface area contributed by atoms with E-state index >= 15 is 4.39 Å². The molecule has 0 bridgehead atoms. The average molecular weight is 493 g/mol. The second kappa shape index (κ2) is 10.6. The number of hydrogen-bond donors (Lipinski definition) is 3. The minimum atomic E-state index is -0.669. The van der Waals surface area contributed by atoms with Crippen molar-refractivity contribution in [2.75, 3.05) is 18.5 Å². The lowest BCUT2D eigenvalue weighted by atomic mass is 9.99. The normalized spacial score (nSPS) is 11.8. The van der Waals surface area contributed by atoms with E-state index < -0.39 is 11.9 Å². The molecule has 0 aliphatic carbocycles. The van der Waals surface area contributed by atoms with Crippen LogP contribution in [0.1, 0.15) is 36.7 Å². The predicted molar refractivity (Wildman–Crippen MR) is 138 cm³/mol. The van der Waals surface area contributed by atoms with Crippen molar-refractivity contribution in [3.8, 4) is 11.5 Å². The molecular formula is C27H26ClFN4O2. The number of amidine groups is 1. The number of nitrogen functional groups attached to an aromatic ring is 1. The Hall–Kier alpha value is -3.84. The van der Waals surface area contributed by atoms with Crippen LogP contribution in [0.3, 0.4) is 0 Å². The van der Waals surface area contributed by atoms with Crippen molar-refractivity contribution in [3.63, 3.8) is 0 Å². The van der Waals surface area contributed by atoms with Crippen LogP contribution < -0.4 is 20.5 Å². The summed E-state index contributed by atoms with van der Waals surface area (Å²) in [5, 5.41) is 12.5. The molecule has 0 aliphatic rings. The lowest BCUT2D eigenvalue weighted by Gasteiger charge is -2.23. The number of nitrogens with zero attached hydrogens (tertiary/aromatic N) is 1. The van der Waals surface area contributed by atoms with Gasteiger partial charge in [0.2, 0.25) is 0 Å². The molecule has 35 heavy (non-hydrogen) atoms. The summed E-state index contributed by atoms with van der Waals surface area (Å²) < 4.78 is 27.0. The van der Waals surface area contributed by atoms with Crippen LogP contribution in [-0.4, -0.2) is 24.0 Å². The van der Waals surface area contributed by atoms with E-state index in [4.69, 9.17) is 37.2 Å². The van der Waals surface area contributed by atoms with E-state index in [0.29, 0.717) is 46.5 Å². The van der Waals surface area contributed by atoms with Crippen LogP contribution in [0.4, 0.5) is 10.1 Å². The topological polar surface area (TPSA) is 93.2 Å². The molecule has 1 aromatic heterocycles. The molecule has 4 aromatic rings. The van der Waals surface area contributed by atoms with Gasteiger partial charge in [0.15, 0.2) is 11.6 Å². The van der Waals surface area contributed by atoms with Crippen molar-refractivity contribution < 1.29 is 13.9 Å². The number of benzene rings is 3. The third-order valence-electron chi connectivity index (χ3n) is 5.44. The van der Waals surface area contributed by atoms with E-state index in [1.54, 1.807) is 49.4 Å². The molecule has 0 amide bonds. The molecule has 1 unspecified atom stereocenters. The molecule has 8 heteroatoms. The summed E-state index contributed by atoms with van der Waals surface area (Å²) in [5.74, 6) is 0.0873. The number of ether oxygens (including phenoxy) is 2. The summed E-state index contributed by atoms with van der Waals surface area (Å²) in [6, 6.07) is 18.8. The summed E-state index contributed by atoms with van der Waals surface area (Å²) in [6.07, 6.45) is 0. The summed E-state index contributed by atoms with van der Waals surface area (Å²) in [4.78, 5) is 4.80. The highest BCUT2D eigenvalue weighted by Gasteiger charge is 2.24. The second-order valence-corrected chi connectivity index (χ2v) is 8.27. The van der Waals surface area contributed by atoms with Crippen LogP contribution >= 0.6 is 11.6 Å². The smallest absolute Gasteiger partial charge is 0.171 e. The lowest BCUT2D eigenvalue weighted by molar-refractivity contribution is 0.308. The van der Waals surface area contributed by atoms with Gasteiger partial charge in [0, 0.05) is 33.3 Å². The molecule has 180 valence electrons. The first-order chi connectivity index (χ1) is 16.9. The van der Waals surface area contributed by atoms with Crippen molar-refractivity contribution in [2.45, 2.75) is 19.9 Å². The van der Waals surface area contributed by atoms with Gasteiger partial charge in [-0.15, -0.1) is 0 Å². The Morgan fingerprint density at radius 1 is 1.03 bits per heavy atom. The molecule has 0 saturated heterocycles. The number of nitrogens with one attached hydrogen (secondary N) is 2. The molecule has 1 atom stereocenters. The second-order valence-electron chi connectivity index (χ2n) is 7.83. The van der Waals surface area contributed by atoms with Crippen molar-refractivity contribution >= 4 is 34.0 Å². The van der Waals surface area contributed by atoms with Crippen molar-refractivity contribution in [3.05, 3.63) is 94.4 Å². The number of rotatable bonds is 9. The number of halogens is 2. The maximum absolute atomic E-state index is 15.7. The Kier molecular flexibility index (Phi) is 7.36. The molecule has 0 spiro atoms. The van der Waals surface area contributed by atoms with Crippen molar-refractivity contribution in [2.24, 2.45) is 5.73 Å². The monoisotopic (exact) mass is 492 g/mol. The van der Waals surface area contributed by atoms with Crippen molar-refractivity contribution in [1.82, 2.24) is 4.98 Å². The number of hydrogen-bond acceptors (Lipinski definition) is 5. The Labute approximate surface area is 208 Å². The van der Waals surface area contributed by atoms with Crippen LogP contribution in [0.2, 0.25) is 5.02 Å². The summed E-state index contributed by atoms with van der Waals surface area (Å²) in [7, 11) is 0. The number of anilines is 1. The average Bonchev–Trinajstić information content (AvgIpc) is 2.85. The third-order valence-corrected chi connectivity index (χ3v) is 5.67. The molecule has 0 fully saturated rings. The van der Waals surface area contributed by atoms with Gasteiger partial charge in [-0.2, -0.15) is 0 Å². The summed E-state index contributed by atoms with van der Waals surface area (Å²) in [5.41, 5.74) is 8.55. The zero-order chi connectivity index (χ0) is 24.9. The zero-order valence-electron chi connectivity index (χ0n) is 19.4. The van der Waals surface area contributed by atoms with E-state index in [1.807, 2.05) is 31.2 Å². The summed E-state index contributed by atoms with van der Waals surface area (Å²) >= 11 is 6.13. The van der Waals surface area contributed by atoms with Gasteiger partial charge in [-0.25, -0.2) is 4.39 Å². The molecule has 4 N–H and O–H groups in total. The number of pyridine rings is 1. The van der Waals surface area contributed by atoms with Gasteiger partial charge in [-0.05, 0) is 68.4 Å². The Morgan fingerprint density at radius 2 is 1.77 bits per heavy atom. The minimum Gasteiger partial charge on any atom is -0.494 e. The highest BCUT2D eigenvalue weighted by Crippen LogP contribution is 2.36. The predicted octanol–water partition coefficient (Wildman–Crippen LogP) is 6.31. The van der Waals surface area contributed by atoms with E-state index in [2.05, 4.69) is 5.32 Å². The largest absolute Gasteiger partial charge is 0.494 e. The van der Waals surface area contributed by atoms with E-state index in [1.165, 1.54) is 0 Å². The highest BCUT2D eigenvalue weighted by molar-refractivity contribution is 6.31. The highest BCUT2D eigenvalue weighted by atomic mass is 35.5. The number of nitrogens with two attached hydrogens (primary N) is 1. The third kappa shape index (κ3) is 5.46. The molecule has 4 rings (SSSR count). The fourth-order valence-corrected chi connectivity index (χ4v) is 3.99. The lowest BCUT2D eigenvalue weighted by Crippen LogP contribution is -2.17. The van der Waals surface area contributed by atoms with Crippen LogP contribution in [0, 0.1) is 11.2 Å². The molecule has 3 aromatic carbocycles. The molecule has 0 aliphatic heterocycles. The Morgan fingerprint density at radius 3 is 2.46 bits per heavy atom. The van der Waals surface area contributed by atoms with Crippen LogP contribution in [0.15, 0.2) is 66.7 Å². The molecule has 6 nitrogen and oxygen atoms in total. The molecular weight excluding hydrogens is 467 g/mol. The maximum Gasteiger partial charge on any atom is 0.171 e. The fourth-order valence-electron chi connectivity index (χ4n) is 3.81. The van der Waals surface area contributed by atoms with Gasteiger partial charge in [-0.1, -0.05) is 17.7 Å². The first-order valence-electron chi connectivity index (χ1n) is 11.3. The molecule has 1 heterocycles. The Balaban J connectivity index is 1.86. The van der Waals surface area contributed by atoms with Crippen molar-refractivity contribution in [1.29, 1.82) is 5.41 Å². The van der Waals surface area contributed by atoms with Gasteiger partial charge < -0.3 is 20.5 Å². The van der Waals surface area contributed by atoms with Gasteiger partial charge in [-0.3, -0.25) is 10.4 Å². The molecule has 0 saturated carbocycles. The number of aromatic nitrogens is 1. The van der Waals surface area contributed by atoms with Crippen LogP contribution in [0.5, 0.6) is 11.5 Å². The van der Waals surface area contributed by atoms with E-state index in [-0.39, 0.29) is 11.6 Å². The zero-order valence-corrected chi connectivity index (χ0v) is 20.2. The number of fused-ring (bicyclic) bond motifs is 1. The van der Waals surface area contributed by atoms with Gasteiger partial charge in [0.05, 0.1) is 30.5 Å². The van der Waals surface area contributed by atoms with Crippen LogP contribution in [0.25, 0.3) is 10.9 Å². The van der Waals surface area contributed by atoms with Gasteiger partial charge in [0.1, 0.15) is 11.6 Å². The minimum absolute atomic E-state index is 0.0280. The van der Waals surface area contributed by atoms with E-state index in [9.17, 15) is 0 Å². The molecule has 0 radical (unpaired) electrons.